The summed E-state index contributed by atoms with van der Waals surface area (Å²) in [6.07, 6.45) is 8.19. The molecule has 4 fully saturated rings. The highest BCUT2D eigenvalue weighted by Crippen LogP contribution is 2.40. The van der Waals surface area contributed by atoms with Crippen LogP contribution in [0.2, 0.25) is 0 Å². The molecule has 47 heavy (non-hydrogen) atoms. The van der Waals surface area contributed by atoms with Crippen molar-refractivity contribution in [1.29, 1.82) is 0 Å². The minimum absolute atomic E-state index is 0.0115. The molecule has 0 heterocycles. The fourth-order valence-electron chi connectivity index (χ4n) is 8.62. The van der Waals surface area contributed by atoms with Gasteiger partial charge in [0, 0.05) is 48.0 Å². The van der Waals surface area contributed by atoms with Gasteiger partial charge in [-0.2, -0.15) is 0 Å². The summed E-state index contributed by atoms with van der Waals surface area (Å²) in [5.41, 5.74) is 2.26. The van der Waals surface area contributed by atoms with Crippen LogP contribution in [0.1, 0.15) is 96.3 Å². The third-order valence-corrected chi connectivity index (χ3v) is 11.1. The zero-order valence-electron chi connectivity index (χ0n) is 26.8. The van der Waals surface area contributed by atoms with Crippen LogP contribution in [0.25, 0.3) is 0 Å². The maximum atomic E-state index is 13.0. The molecular weight excluding hydrogens is 620 g/mol. The van der Waals surface area contributed by atoms with Crippen molar-refractivity contribution in [2.45, 2.75) is 133 Å². The minimum atomic E-state index is -1.19. The van der Waals surface area contributed by atoms with Gasteiger partial charge in [-0.05, 0) is 89.4 Å². The van der Waals surface area contributed by atoms with E-state index >= 15 is 0 Å². The Balaban J connectivity index is 1.13. The van der Waals surface area contributed by atoms with Gasteiger partial charge in [0.2, 0.25) is 18.0 Å². The number of carboxylic acids is 2. The molecule has 0 aliphatic heterocycles. The van der Waals surface area contributed by atoms with Crippen LogP contribution in [0.15, 0.2) is 0 Å². The maximum absolute atomic E-state index is 13.0. The summed E-state index contributed by atoms with van der Waals surface area (Å²) >= 11 is 0. The van der Waals surface area contributed by atoms with Crippen LogP contribution in [-0.4, -0.2) is 92.7 Å². The molecule has 16 nitrogen and oxygen atoms in total. The number of hydrogen-bond acceptors (Lipinski definition) is 11. The number of carboxylic acid groups (broad SMARTS) is 2. The highest BCUT2D eigenvalue weighted by molar-refractivity contribution is 5.85. The SMILES string of the molecule is O=C(O)C1CCCC([N+](=O)[O-])C1C(=O)NC1CCC(OCCCOC2CCC(C(NO)C3C(C(=O)O)CCCC3[N+](=O)[O-])CC2)CC1. The van der Waals surface area contributed by atoms with Crippen molar-refractivity contribution < 1.29 is 49.1 Å². The monoisotopic (exact) mass is 670 g/mol. The first-order valence-corrected chi connectivity index (χ1v) is 17.2. The smallest absolute Gasteiger partial charge is 0.307 e. The summed E-state index contributed by atoms with van der Waals surface area (Å²) in [5.74, 6) is -6.74. The van der Waals surface area contributed by atoms with Gasteiger partial charge in [0.25, 0.3) is 0 Å². The molecule has 0 spiro atoms. The van der Waals surface area contributed by atoms with E-state index in [-0.39, 0.29) is 37.0 Å². The van der Waals surface area contributed by atoms with Gasteiger partial charge in [-0.25, -0.2) is 5.48 Å². The predicted octanol–water partition coefficient (Wildman–Crippen LogP) is 3.04. The first-order valence-electron chi connectivity index (χ1n) is 17.2. The van der Waals surface area contributed by atoms with Gasteiger partial charge < -0.3 is 30.2 Å². The summed E-state index contributed by atoms with van der Waals surface area (Å²) < 4.78 is 12.1. The topological polar surface area (TPSA) is 241 Å². The van der Waals surface area contributed by atoms with Crippen molar-refractivity contribution in [3.63, 3.8) is 0 Å². The van der Waals surface area contributed by atoms with Crippen LogP contribution in [0.5, 0.6) is 0 Å². The van der Waals surface area contributed by atoms with Gasteiger partial charge in [0.1, 0.15) is 5.92 Å². The molecule has 0 radical (unpaired) electrons. The highest BCUT2D eigenvalue weighted by atomic mass is 16.6. The van der Waals surface area contributed by atoms with E-state index in [9.17, 15) is 50.0 Å². The molecule has 16 heteroatoms. The highest BCUT2D eigenvalue weighted by Gasteiger charge is 2.51. The fraction of sp³-hybridized carbons (Fsp3) is 0.903. The molecule has 1 amide bonds. The largest absolute Gasteiger partial charge is 0.481 e. The fourth-order valence-corrected chi connectivity index (χ4v) is 8.62. The number of amides is 1. The summed E-state index contributed by atoms with van der Waals surface area (Å²) in [7, 11) is 0. The van der Waals surface area contributed by atoms with E-state index in [4.69, 9.17) is 9.47 Å². The molecule has 4 rings (SSSR count). The number of aliphatic carboxylic acids is 2. The Morgan fingerprint density at radius 2 is 1.23 bits per heavy atom. The van der Waals surface area contributed by atoms with E-state index in [2.05, 4.69) is 10.8 Å². The van der Waals surface area contributed by atoms with E-state index < -0.39 is 69.5 Å². The lowest BCUT2D eigenvalue weighted by atomic mass is 9.67. The summed E-state index contributed by atoms with van der Waals surface area (Å²) in [6, 6.07) is -3.04. The van der Waals surface area contributed by atoms with Crippen molar-refractivity contribution in [1.82, 2.24) is 10.8 Å². The summed E-state index contributed by atoms with van der Waals surface area (Å²) in [6.45, 7) is 1.00. The number of carbonyl (C=O) groups excluding carboxylic acids is 1. The summed E-state index contributed by atoms with van der Waals surface area (Å²) in [4.78, 5) is 59.0. The van der Waals surface area contributed by atoms with Crippen molar-refractivity contribution in [3.05, 3.63) is 20.2 Å². The lowest BCUT2D eigenvalue weighted by molar-refractivity contribution is -0.539. The number of carbonyl (C=O) groups is 3. The standard InChI is InChI=1S/C31H50N4O12/c36-29(27-23(31(39)40)5-2-7-25(27)35(44)45)32-19-10-14-21(15-11-19)47-17-3-16-46-20-12-8-18(9-13-20)28(33-41)26-22(30(37)38)4-1-6-24(26)34(42)43/h18-28,33,41H,1-17H2,(H,32,36)(H,37,38)(H,39,40). The van der Waals surface area contributed by atoms with Crippen LogP contribution >= 0.6 is 0 Å². The molecule has 4 saturated carbocycles. The van der Waals surface area contributed by atoms with Crippen LogP contribution in [0.3, 0.4) is 0 Å². The van der Waals surface area contributed by atoms with Gasteiger partial charge in [0.05, 0.1) is 30.0 Å². The van der Waals surface area contributed by atoms with Crippen molar-refractivity contribution in [2.75, 3.05) is 13.2 Å². The average molecular weight is 671 g/mol. The lowest BCUT2D eigenvalue weighted by Gasteiger charge is -2.41. The van der Waals surface area contributed by atoms with E-state index in [0.29, 0.717) is 96.7 Å². The first-order chi connectivity index (χ1) is 22.5. The number of nitrogens with one attached hydrogen (secondary N) is 2. The molecule has 4 aliphatic rings. The number of nitro groups is 2. The van der Waals surface area contributed by atoms with E-state index in [1.54, 1.807) is 0 Å². The maximum Gasteiger partial charge on any atom is 0.307 e. The molecule has 7 unspecified atom stereocenters. The number of hydroxylamine groups is 1. The molecule has 0 aromatic carbocycles. The second kappa shape index (κ2) is 17.4. The van der Waals surface area contributed by atoms with Gasteiger partial charge in [0.15, 0.2) is 0 Å². The quantitative estimate of drug-likeness (QED) is 0.0957. The van der Waals surface area contributed by atoms with Gasteiger partial charge in [-0.15, -0.1) is 0 Å². The number of rotatable bonds is 15. The zero-order chi connectivity index (χ0) is 34.1. The number of ether oxygens (including phenoxy) is 2. The molecule has 7 atom stereocenters. The van der Waals surface area contributed by atoms with Gasteiger partial charge in [-0.3, -0.25) is 34.6 Å². The Bertz CT molecular complexity index is 1050. The van der Waals surface area contributed by atoms with E-state index in [1.807, 2.05) is 0 Å². The first kappa shape index (κ1) is 36.9. The van der Waals surface area contributed by atoms with Crippen molar-refractivity contribution in [3.8, 4) is 0 Å². The Hall–Kier alpha value is -2.95. The zero-order valence-corrected chi connectivity index (χ0v) is 26.8. The Morgan fingerprint density at radius 3 is 1.74 bits per heavy atom. The Labute approximate surface area is 273 Å². The Morgan fingerprint density at radius 1 is 0.723 bits per heavy atom. The predicted molar refractivity (Wildman–Crippen MR) is 164 cm³/mol. The molecule has 5 N–H and O–H groups in total. The third-order valence-electron chi connectivity index (χ3n) is 11.1. The lowest BCUT2D eigenvalue weighted by Crippen LogP contribution is -2.54. The second-order valence-electron chi connectivity index (χ2n) is 13.8. The van der Waals surface area contributed by atoms with Crippen LogP contribution in [0.4, 0.5) is 0 Å². The molecule has 0 saturated heterocycles. The summed E-state index contributed by atoms with van der Waals surface area (Å²) in [5, 5.41) is 55.4. The van der Waals surface area contributed by atoms with Crippen molar-refractivity contribution >= 4 is 17.8 Å². The molecular formula is C31H50N4O12. The van der Waals surface area contributed by atoms with Crippen molar-refractivity contribution in [2.24, 2.45) is 29.6 Å². The second-order valence-corrected chi connectivity index (χ2v) is 13.8. The molecule has 266 valence electrons. The van der Waals surface area contributed by atoms with Crippen LogP contribution in [-0.2, 0) is 23.9 Å². The minimum Gasteiger partial charge on any atom is -0.481 e. The molecule has 0 aromatic rings. The van der Waals surface area contributed by atoms with E-state index in [1.165, 1.54) is 0 Å². The molecule has 0 bridgehead atoms. The van der Waals surface area contributed by atoms with Gasteiger partial charge in [-0.1, -0.05) is 0 Å². The van der Waals surface area contributed by atoms with Crippen LogP contribution in [0, 0.1) is 49.8 Å². The van der Waals surface area contributed by atoms with E-state index in [0.717, 1.165) is 0 Å². The number of nitrogens with zero attached hydrogens (tertiary/aromatic N) is 2. The molecule has 4 aliphatic carbocycles. The Kier molecular flexibility index (Phi) is 13.7. The average Bonchev–Trinajstić information content (AvgIpc) is 3.05. The van der Waals surface area contributed by atoms with Crippen LogP contribution < -0.4 is 10.8 Å². The normalized spacial score (nSPS) is 35.3. The number of hydrogen-bond donors (Lipinski definition) is 5. The third kappa shape index (κ3) is 9.57. The van der Waals surface area contributed by atoms with Gasteiger partial charge >= 0.3 is 11.9 Å². The molecule has 0 aromatic heterocycles.